The van der Waals surface area contributed by atoms with E-state index >= 15 is 0 Å². The summed E-state index contributed by atoms with van der Waals surface area (Å²) < 4.78 is 0. The average Bonchev–Trinajstić information content (AvgIpc) is 1.83. The molecule has 9 heavy (non-hydrogen) atoms. The van der Waals surface area contributed by atoms with E-state index in [1.54, 1.807) is 14.1 Å². The second-order valence-electron chi connectivity index (χ2n) is 1.90. The molecule has 1 amide bonds. The van der Waals surface area contributed by atoms with Crippen molar-refractivity contribution in [2.24, 2.45) is 5.84 Å². The lowest BCUT2D eigenvalue weighted by Gasteiger charge is -2.06. The van der Waals surface area contributed by atoms with Crippen molar-refractivity contribution >= 4 is 5.91 Å². The van der Waals surface area contributed by atoms with Crippen molar-refractivity contribution in [2.45, 2.75) is 6.42 Å². The molecule has 0 radical (unpaired) electrons. The van der Waals surface area contributed by atoms with Gasteiger partial charge in [0.2, 0.25) is 5.91 Å². The minimum absolute atomic E-state index is 0.0206. The summed E-state index contributed by atoms with van der Waals surface area (Å²) in [6, 6.07) is 0. The van der Waals surface area contributed by atoms with Crippen LogP contribution in [-0.4, -0.2) is 31.6 Å². The van der Waals surface area contributed by atoms with Crippen LogP contribution in [0.5, 0.6) is 0 Å². The Kier molecular flexibility index (Phi) is 4.00. The van der Waals surface area contributed by atoms with Crippen LogP contribution in [0.15, 0.2) is 0 Å². The zero-order chi connectivity index (χ0) is 7.28. The van der Waals surface area contributed by atoms with Gasteiger partial charge in [-0.2, -0.15) is 0 Å². The van der Waals surface area contributed by atoms with Gasteiger partial charge in [0.1, 0.15) is 0 Å². The Hall–Kier alpha value is -0.610. The lowest BCUT2D eigenvalue weighted by molar-refractivity contribution is -0.120. The molecule has 4 heteroatoms. The molecule has 3 N–H and O–H groups in total. The smallest absolute Gasteiger partial charge is 0.221 e. The maximum Gasteiger partial charge on any atom is 0.221 e. The molecule has 0 aliphatic heterocycles. The molecule has 0 bridgehead atoms. The summed E-state index contributed by atoms with van der Waals surface area (Å²) in [6.07, 6.45) is 0.462. The van der Waals surface area contributed by atoms with Crippen molar-refractivity contribution in [3.63, 3.8) is 0 Å². The summed E-state index contributed by atoms with van der Waals surface area (Å²) in [5.74, 6) is 5.27. The molecule has 0 aliphatic carbocycles. The van der Waals surface area contributed by atoms with Crippen molar-refractivity contribution in [1.82, 2.24) is 10.3 Å². The summed E-state index contributed by atoms with van der Waals surface area (Å²) in [4.78, 5) is 10.5. The fourth-order valence-corrected chi connectivity index (χ4v) is 0.403. The fraction of sp³-hybridized carbons (Fsp3) is 0.800. The molecule has 0 aromatic rings. The molecule has 0 atom stereocenters. The van der Waals surface area contributed by atoms with Gasteiger partial charge in [-0.15, -0.1) is 0 Å². The molecular formula is C5H13N3O. The topological polar surface area (TPSA) is 58.4 Å². The number of nitrogens with zero attached hydrogens (tertiary/aromatic N) is 1. The predicted octanol–water partition coefficient (Wildman–Crippen LogP) is -1.07. The number of carbonyl (C=O) groups is 1. The molecule has 4 nitrogen and oxygen atoms in total. The van der Waals surface area contributed by atoms with Crippen molar-refractivity contribution in [1.29, 1.82) is 0 Å². The molecule has 0 unspecified atom stereocenters. The first-order valence-corrected chi connectivity index (χ1v) is 2.83. The minimum Gasteiger partial charge on any atom is -0.359 e. The van der Waals surface area contributed by atoms with Gasteiger partial charge >= 0.3 is 0 Å². The first kappa shape index (κ1) is 8.39. The first-order chi connectivity index (χ1) is 4.16. The highest BCUT2D eigenvalue weighted by Crippen LogP contribution is 1.78. The standard InChI is InChI=1S/C5H13N3O/c1-7-5(9)3-4-8(2)6/h3-4,6H2,1-2H3,(H,7,9). The summed E-state index contributed by atoms with van der Waals surface area (Å²) in [6.45, 7) is 0.597. The van der Waals surface area contributed by atoms with Crippen LogP contribution in [0.3, 0.4) is 0 Å². The minimum atomic E-state index is 0.0206. The molecule has 0 rings (SSSR count). The lowest BCUT2D eigenvalue weighted by Crippen LogP contribution is -2.31. The van der Waals surface area contributed by atoms with Gasteiger partial charge in [0, 0.05) is 27.1 Å². The summed E-state index contributed by atoms with van der Waals surface area (Å²) in [5, 5.41) is 3.98. The number of rotatable bonds is 3. The molecule has 0 spiro atoms. The Morgan fingerprint density at radius 3 is 2.67 bits per heavy atom. The highest BCUT2D eigenvalue weighted by molar-refractivity contribution is 5.75. The van der Waals surface area contributed by atoms with E-state index in [1.807, 2.05) is 0 Å². The molecule has 0 aromatic heterocycles. The van der Waals surface area contributed by atoms with Crippen LogP contribution < -0.4 is 11.2 Å². The molecule has 0 saturated carbocycles. The molecule has 54 valence electrons. The summed E-state index contributed by atoms with van der Waals surface area (Å²) in [5.41, 5.74) is 0. The van der Waals surface area contributed by atoms with Gasteiger partial charge in [-0.1, -0.05) is 0 Å². The lowest BCUT2D eigenvalue weighted by atomic mass is 10.4. The zero-order valence-electron chi connectivity index (χ0n) is 5.85. The highest BCUT2D eigenvalue weighted by atomic mass is 16.1. The van der Waals surface area contributed by atoms with Crippen LogP contribution in [-0.2, 0) is 4.79 Å². The zero-order valence-corrected chi connectivity index (χ0v) is 5.85. The number of amides is 1. The van der Waals surface area contributed by atoms with E-state index in [-0.39, 0.29) is 5.91 Å². The van der Waals surface area contributed by atoms with E-state index in [0.29, 0.717) is 13.0 Å². The van der Waals surface area contributed by atoms with E-state index in [9.17, 15) is 4.79 Å². The van der Waals surface area contributed by atoms with Crippen LogP contribution in [0.25, 0.3) is 0 Å². The molecule has 0 fully saturated rings. The van der Waals surface area contributed by atoms with Gasteiger partial charge in [0.05, 0.1) is 0 Å². The number of hydrogen-bond donors (Lipinski definition) is 2. The third-order valence-electron chi connectivity index (χ3n) is 0.970. The third kappa shape index (κ3) is 5.26. The Morgan fingerprint density at radius 2 is 2.33 bits per heavy atom. The normalized spacial score (nSPS) is 9.78. The quantitative estimate of drug-likeness (QED) is 0.378. The Balaban J connectivity index is 3.17. The molecule has 0 aliphatic rings. The molecule has 0 heterocycles. The van der Waals surface area contributed by atoms with Gasteiger partial charge < -0.3 is 5.32 Å². The Bertz CT molecular complexity index is 92.2. The van der Waals surface area contributed by atoms with Crippen molar-refractivity contribution in [3.05, 3.63) is 0 Å². The Labute approximate surface area is 55.0 Å². The van der Waals surface area contributed by atoms with Gasteiger partial charge in [-0.3, -0.25) is 10.6 Å². The van der Waals surface area contributed by atoms with Crippen molar-refractivity contribution < 1.29 is 4.79 Å². The maximum atomic E-state index is 10.5. The number of hydrogen-bond acceptors (Lipinski definition) is 3. The summed E-state index contributed by atoms with van der Waals surface area (Å²) >= 11 is 0. The van der Waals surface area contributed by atoms with Crippen LogP contribution in [0.4, 0.5) is 0 Å². The maximum absolute atomic E-state index is 10.5. The average molecular weight is 131 g/mol. The predicted molar refractivity (Wildman–Crippen MR) is 35.5 cm³/mol. The summed E-state index contributed by atoms with van der Waals surface area (Å²) in [7, 11) is 3.34. The number of carbonyl (C=O) groups excluding carboxylic acids is 1. The second kappa shape index (κ2) is 4.29. The van der Waals surface area contributed by atoms with E-state index in [1.165, 1.54) is 5.01 Å². The van der Waals surface area contributed by atoms with Crippen LogP contribution >= 0.6 is 0 Å². The van der Waals surface area contributed by atoms with Gasteiger partial charge in [0.25, 0.3) is 0 Å². The van der Waals surface area contributed by atoms with Gasteiger partial charge in [-0.25, -0.2) is 5.01 Å². The fourth-order valence-electron chi connectivity index (χ4n) is 0.403. The molecule has 0 saturated heterocycles. The van der Waals surface area contributed by atoms with E-state index < -0.39 is 0 Å². The van der Waals surface area contributed by atoms with E-state index in [4.69, 9.17) is 5.84 Å². The Morgan fingerprint density at radius 1 is 1.78 bits per heavy atom. The first-order valence-electron chi connectivity index (χ1n) is 2.83. The SMILES string of the molecule is CNC(=O)CCN(C)N. The van der Waals surface area contributed by atoms with Gasteiger partial charge in [-0.05, 0) is 0 Å². The number of hydrazine groups is 1. The largest absolute Gasteiger partial charge is 0.359 e. The van der Waals surface area contributed by atoms with Gasteiger partial charge in [0.15, 0.2) is 0 Å². The molecule has 0 aromatic carbocycles. The van der Waals surface area contributed by atoms with E-state index in [2.05, 4.69) is 5.32 Å². The van der Waals surface area contributed by atoms with Crippen LogP contribution in [0, 0.1) is 0 Å². The third-order valence-corrected chi connectivity index (χ3v) is 0.970. The molecular weight excluding hydrogens is 118 g/mol. The monoisotopic (exact) mass is 131 g/mol. The van der Waals surface area contributed by atoms with Crippen molar-refractivity contribution in [2.75, 3.05) is 20.6 Å². The van der Waals surface area contributed by atoms with Crippen LogP contribution in [0.2, 0.25) is 0 Å². The second-order valence-corrected chi connectivity index (χ2v) is 1.90. The van der Waals surface area contributed by atoms with Crippen LogP contribution in [0.1, 0.15) is 6.42 Å². The highest BCUT2D eigenvalue weighted by Gasteiger charge is 1.96. The van der Waals surface area contributed by atoms with Crippen molar-refractivity contribution in [3.8, 4) is 0 Å². The number of nitrogens with two attached hydrogens (primary N) is 1. The van der Waals surface area contributed by atoms with E-state index in [0.717, 1.165) is 0 Å². The number of nitrogens with one attached hydrogen (secondary N) is 1.